The second-order valence-corrected chi connectivity index (χ2v) is 8.92. The highest BCUT2D eigenvalue weighted by Gasteiger charge is 2.36. The average molecular weight is 421 g/mol. The maximum atomic E-state index is 13.1. The first-order valence-electron chi connectivity index (χ1n) is 11.3. The summed E-state index contributed by atoms with van der Waals surface area (Å²) in [6.07, 6.45) is 5.55. The van der Waals surface area contributed by atoms with Crippen LogP contribution in [0.3, 0.4) is 0 Å². The fourth-order valence-electron chi connectivity index (χ4n) is 4.78. The van der Waals surface area contributed by atoms with Crippen LogP contribution in [-0.2, 0) is 29.0 Å². The molecule has 31 heavy (non-hydrogen) atoms. The number of aromatic amines is 1. The van der Waals surface area contributed by atoms with Crippen molar-refractivity contribution in [2.24, 2.45) is 5.92 Å². The minimum atomic E-state index is -0.225. The smallest absolute Gasteiger partial charge is 0.254 e. The van der Waals surface area contributed by atoms with Crippen molar-refractivity contribution in [2.75, 3.05) is 13.1 Å². The molecule has 162 valence electrons. The molecule has 1 saturated heterocycles. The summed E-state index contributed by atoms with van der Waals surface area (Å²) in [5.41, 5.74) is 2.24. The number of aromatic nitrogens is 2. The monoisotopic (exact) mass is 420 g/mol. The van der Waals surface area contributed by atoms with Crippen LogP contribution in [0.4, 0.5) is 0 Å². The summed E-state index contributed by atoms with van der Waals surface area (Å²) < 4.78 is 0. The Balaban J connectivity index is 1.39. The van der Waals surface area contributed by atoms with Gasteiger partial charge in [-0.05, 0) is 44.1 Å². The van der Waals surface area contributed by atoms with E-state index in [0.29, 0.717) is 49.6 Å². The van der Waals surface area contributed by atoms with E-state index in [1.165, 1.54) is 0 Å². The van der Waals surface area contributed by atoms with E-state index in [4.69, 9.17) is 4.98 Å². The zero-order chi connectivity index (χ0) is 21.4. The topological polar surface area (TPSA) is 86.4 Å². The number of hydrogen-bond donors (Lipinski definition) is 1. The number of hydrogen-bond acceptors (Lipinski definition) is 4. The number of H-pyrrole nitrogens is 1. The molecule has 7 nitrogen and oxygen atoms in total. The molecule has 7 heteroatoms. The molecule has 3 aliphatic rings. The lowest BCUT2D eigenvalue weighted by Crippen LogP contribution is -2.43. The van der Waals surface area contributed by atoms with Gasteiger partial charge in [-0.1, -0.05) is 30.3 Å². The standard InChI is InChI=1S/C24H28N4O3/c29-21(14-16-6-2-1-3-7-16)28-12-5-4-8-20(28)22-25-19-15-27(24(31)17-9-10-17)13-11-18(19)23(30)26-22/h1-3,6-7,17,20H,4-5,8-15H2,(H,25,26,30)/t20-/m1/s1. The predicted molar refractivity (Wildman–Crippen MR) is 115 cm³/mol. The van der Waals surface area contributed by atoms with Gasteiger partial charge in [0.1, 0.15) is 5.82 Å². The third kappa shape index (κ3) is 4.13. The third-order valence-corrected chi connectivity index (χ3v) is 6.67. The first kappa shape index (κ1) is 20.0. The van der Waals surface area contributed by atoms with Crippen molar-refractivity contribution in [3.8, 4) is 0 Å². The Hall–Kier alpha value is -2.96. The molecule has 0 radical (unpaired) electrons. The molecule has 1 aromatic heterocycles. The first-order valence-corrected chi connectivity index (χ1v) is 11.3. The van der Waals surface area contributed by atoms with Crippen molar-refractivity contribution in [3.63, 3.8) is 0 Å². The molecule has 5 rings (SSSR count). The normalized spacial score (nSPS) is 21.0. The van der Waals surface area contributed by atoms with Crippen LogP contribution in [0.5, 0.6) is 0 Å². The molecule has 2 amide bonds. The quantitative estimate of drug-likeness (QED) is 0.823. The third-order valence-electron chi connectivity index (χ3n) is 6.67. The molecule has 1 atom stereocenters. The highest BCUT2D eigenvalue weighted by Crippen LogP contribution is 2.33. The highest BCUT2D eigenvalue weighted by atomic mass is 16.2. The summed E-state index contributed by atoms with van der Waals surface area (Å²) in [5, 5.41) is 0. The minimum Gasteiger partial charge on any atom is -0.336 e. The van der Waals surface area contributed by atoms with Gasteiger partial charge in [0.2, 0.25) is 11.8 Å². The van der Waals surface area contributed by atoms with Gasteiger partial charge in [0, 0.05) is 24.6 Å². The Labute approximate surface area is 181 Å². The van der Waals surface area contributed by atoms with Gasteiger partial charge in [0.25, 0.3) is 5.56 Å². The van der Waals surface area contributed by atoms with E-state index in [0.717, 1.165) is 37.7 Å². The van der Waals surface area contributed by atoms with Gasteiger partial charge in [-0.2, -0.15) is 0 Å². The molecular weight excluding hydrogens is 392 g/mol. The zero-order valence-electron chi connectivity index (χ0n) is 17.7. The summed E-state index contributed by atoms with van der Waals surface area (Å²) in [6, 6.07) is 9.51. The molecule has 0 bridgehead atoms. The van der Waals surface area contributed by atoms with Crippen molar-refractivity contribution in [2.45, 2.75) is 57.5 Å². The van der Waals surface area contributed by atoms with E-state index in [2.05, 4.69) is 4.98 Å². The minimum absolute atomic E-state index is 0.0572. The van der Waals surface area contributed by atoms with Crippen LogP contribution >= 0.6 is 0 Å². The van der Waals surface area contributed by atoms with Crippen LogP contribution in [0.1, 0.15) is 60.8 Å². The number of nitrogens with one attached hydrogen (secondary N) is 1. The molecule has 1 aliphatic carbocycles. The largest absolute Gasteiger partial charge is 0.336 e. The lowest BCUT2D eigenvalue weighted by atomic mass is 9.99. The summed E-state index contributed by atoms with van der Waals surface area (Å²) in [5.74, 6) is 0.964. The van der Waals surface area contributed by atoms with Crippen LogP contribution < -0.4 is 5.56 Å². The second kappa shape index (κ2) is 8.29. The van der Waals surface area contributed by atoms with Crippen molar-refractivity contribution >= 4 is 11.8 Å². The fraction of sp³-hybridized carbons (Fsp3) is 0.500. The Morgan fingerprint density at radius 2 is 1.87 bits per heavy atom. The van der Waals surface area contributed by atoms with Gasteiger partial charge in [0.15, 0.2) is 0 Å². The van der Waals surface area contributed by atoms with Crippen molar-refractivity contribution in [1.82, 2.24) is 19.8 Å². The van der Waals surface area contributed by atoms with Gasteiger partial charge in [0.05, 0.1) is 24.7 Å². The SMILES string of the molecule is O=C(C1CC1)N1CCc2c(nc([C@H]3CCCCN3C(=O)Cc3ccccc3)[nH]c2=O)C1. The first-order chi connectivity index (χ1) is 15.1. The Bertz CT molecular complexity index is 1040. The average Bonchev–Trinajstić information content (AvgIpc) is 3.64. The van der Waals surface area contributed by atoms with Crippen LogP contribution in [0.15, 0.2) is 35.1 Å². The molecule has 1 N–H and O–H groups in total. The zero-order valence-corrected chi connectivity index (χ0v) is 17.7. The van der Waals surface area contributed by atoms with Crippen LogP contribution in [0.25, 0.3) is 0 Å². The predicted octanol–water partition coefficient (Wildman–Crippen LogP) is 2.36. The Morgan fingerprint density at radius 3 is 2.65 bits per heavy atom. The molecule has 3 heterocycles. The molecule has 1 saturated carbocycles. The number of carbonyl (C=O) groups is 2. The molecule has 2 fully saturated rings. The van der Waals surface area contributed by atoms with E-state index in [1.54, 1.807) is 0 Å². The summed E-state index contributed by atoms with van der Waals surface area (Å²) in [4.78, 5) is 49.9. The molecule has 2 aliphatic heterocycles. The van der Waals surface area contributed by atoms with Gasteiger partial charge >= 0.3 is 0 Å². The summed E-state index contributed by atoms with van der Waals surface area (Å²) >= 11 is 0. The second-order valence-electron chi connectivity index (χ2n) is 8.92. The van der Waals surface area contributed by atoms with E-state index in [-0.39, 0.29) is 29.3 Å². The van der Waals surface area contributed by atoms with Crippen LogP contribution in [0.2, 0.25) is 0 Å². The number of nitrogens with zero attached hydrogens (tertiary/aromatic N) is 3. The van der Waals surface area contributed by atoms with Crippen molar-refractivity contribution < 1.29 is 9.59 Å². The molecule has 0 unspecified atom stereocenters. The van der Waals surface area contributed by atoms with Gasteiger partial charge in [-0.3, -0.25) is 14.4 Å². The highest BCUT2D eigenvalue weighted by molar-refractivity contribution is 5.81. The number of fused-ring (bicyclic) bond motifs is 1. The number of rotatable bonds is 4. The maximum Gasteiger partial charge on any atom is 0.254 e. The number of benzene rings is 1. The number of amides is 2. The van der Waals surface area contributed by atoms with Gasteiger partial charge in [-0.25, -0.2) is 4.98 Å². The van der Waals surface area contributed by atoms with E-state index in [1.807, 2.05) is 40.1 Å². The van der Waals surface area contributed by atoms with Gasteiger partial charge < -0.3 is 14.8 Å². The fourth-order valence-corrected chi connectivity index (χ4v) is 4.78. The van der Waals surface area contributed by atoms with E-state index < -0.39 is 0 Å². The number of likely N-dealkylation sites (tertiary alicyclic amines) is 1. The lowest BCUT2D eigenvalue weighted by Gasteiger charge is -2.36. The number of piperidine rings is 1. The van der Waals surface area contributed by atoms with Crippen LogP contribution in [0, 0.1) is 5.92 Å². The van der Waals surface area contributed by atoms with Crippen molar-refractivity contribution in [1.29, 1.82) is 0 Å². The summed E-state index contributed by atoms with van der Waals surface area (Å²) in [7, 11) is 0. The molecule has 2 aromatic rings. The van der Waals surface area contributed by atoms with E-state index in [9.17, 15) is 14.4 Å². The van der Waals surface area contributed by atoms with Crippen molar-refractivity contribution in [3.05, 3.63) is 63.3 Å². The Kier molecular flexibility index (Phi) is 5.34. The Morgan fingerprint density at radius 1 is 1.06 bits per heavy atom. The summed E-state index contributed by atoms with van der Waals surface area (Å²) in [6.45, 7) is 1.65. The van der Waals surface area contributed by atoms with Gasteiger partial charge in [-0.15, -0.1) is 0 Å². The molecule has 0 spiro atoms. The van der Waals surface area contributed by atoms with Crippen LogP contribution in [-0.4, -0.2) is 44.7 Å². The van der Waals surface area contributed by atoms with E-state index >= 15 is 0 Å². The lowest BCUT2D eigenvalue weighted by molar-refractivity contribution is -0.134. The molecular formula is C24H28N4O3. The number of carbonyl (C=O) groups excluding carboxylic acids is 2. The molecule has 1 aromatic carbocycles. The maximum absolute atomic E-state index is 13.1.